The number of aryl methyl sites for hydroxylation is 2. The second-order valence-electron chi connectivity index (χ2n) is 3.24. The lowest BCUT2D eigenvalue weighted by atomic mass is 10.2. The first-order chi connectivity index (χ1) is 6.79. The van der Waals surface area contributed by atoms with Gasteiger partial charge < -0.3 is 0 Å². The monoisotopic (exact) mass is 204 g/mol. The van der Waals surface area contributed by atoms with Gasteiger partial charge in [-0.05, 0) is 25.0 Å². The van der Waals surface area contributed by atoms with Gasteiger partial charge >= 0.3 is 0 Å². The van der Waals surface area contributed by atoms with Gasteiger partial charge in [0.1, 0.15) is 5.01 Å². The van der Waals surface area contributed by atoms with Crippen LogP contribution in [0.15, 0.2) is 24.7 Å². The molecule has 0 aromatic carbocycles. The highest BCUT2D eigenvalue weighted by molar-refractivity contribution is 7.15. The summed E-state index contributed by atoms with van der Waals surface area (Å²) in [6, 6.07) is 2.12. The van der Waals surface area contributed by atoms with E-state index in [1.807, 2.05) is 25.5 Å². The summed E-state index contributed by atoms with van der Waals surface area (Å²) in [5, 5.41) is 1.07. The molecule has 72 valence electrons. The molecule has 0 aliphatic carbocycles. The molecule has 0 saturated carbocycles. The lowest BCUT2D eigenvalue weighted by Gasteiger charge is -1.96. The van der Waals surface area contributed by atoms with E-state index in [0.29, 0.717) is 0 Å². The molecule has 0 unspecified atom stereocenters. The van der Waals surface area contributed by atoms with Gasteiger partial charge in [-0.2, -0.15) is 0 Å². The third kappa shape index (κ3) is 1.82. The molecule has 0 amide bonds. The van der Waals surface area contributed by atoms with Crippen molar-refractivity contribution >= 4 is 11.3 Å². The lowest BCUT2D eigenvalue weighted by molar-refractivity contribution is 1.17. The molecule has 0 fully saturated rings. The Morgan fingerprint density at radius 1 is 1.29 bits per heavy atom. The summed E-state index contributed by atoms with van der Waals surface area (Å²) < 4.78 is 0. The average Bonchev–Trinajstić information content (AvgIpc) is 2.66. The Kier molecular flexibility index (Phi) is 2.59. The van der Waals surface area contributed by atoms with E-state index in [9.17, 15) is 0 Å². The van der Waals surface area contributed by atoms with Gasteiger partial charge in [-0.1, -0.05) is 6.92 Å². The second-order valence-corrected chi connectivity index (χ2v) is 4.35. The Morgan fingerprint density at radius 3 is 2.79 bits per heavy atom. The Hall–Kier alpha value is -1.22. The maximum Gasteiger partial charge on any atom is 0.125 e. The fourth-order valence-electron chi connectivity index (χ4n) is 1.28. The first-order valence-electron chi connectivity index (χ1n) is 4.66. The quantitative estimate of drug-likeness (QED) is 0.751. The van der Waals surface area contributed by atoms with E-state index >= 15 is 0 Å². The van der Waals surface area contributed by atoms with Crippen LogP contribution in [0.25, 0.3) is 10.6 Å². The van der Waals surface area contributed by atoms with E-state index in [4.69, 9.17) is 0 Å². The van der Waals surface area contributed by atoms with Crippen molar-refractivity contribution in [2.75, 3.05) is 0 Å². The van der Waals surface area contributed by atoms with Crippen LogP contribution in [-0.4, -0.2) is 9.97 Å². The predicted molar refractivity (Wildman–Crippen MR) is 59.5 cm³/mol. The molecule has 0 bridgehead atoms. The highest BCUT2D eigenvalue weighted by Crippen LogP contribution is 2.24. The van der Waals surface area contributed by atoms with Crippen LogP contribution < -0.4 is 0 Å². The molecule has 0 saturated heterocycles. The molecule has 0 atom stereocenters. The van der Waals surface area contributed by atoms with Crippen molar-refractivity contribution in [1.82, 2.24) is 9.97 Å². The van der Waals surface area contributed by atoms with Crippen LogP contribution in [0, 0.1) is 6.92 Å². The molecule has 2 aromatic heterocycles. The standard InChI is InChI=1S/C11H12N2S/c1-3-10-7-13-11(14-10)9-4-8(2)5-12-6-9/h4-7H,3H2,1-2H3. The molecule has 2 aromatic rings. The normalized spacial score (nSPS) is 10.4. The minimum Gasteiger partial charge on any atom is -0.264 e. The number of thiazole rings is 1. The van der Waals surface area contributed by atoms with Gasteiger partial charge in [-0.15, -0.1) is 11.3 Å². The molecular weight excluding hydrogens is 192 g/mol. The average molecular weight is 204 g/mol. The molecule has 2 heterocycles. The molecule has 14 heavy (non-hydrogen) atoms. The summed E-state index contributed by atoms with van der Waals surface area (Å²) in [5.74, 6) is 0. The second kappa shape index (κ2) is 3.88. The number of rotatable bonds is 2. The lowest BCUT2D eigenvalue weighted by Crippen LogP contribution is -1.80. The molecule has 2 rings (SSSR count). The third-order valence-corrected chi connectivity index (χ3v) is 3.21. The minimum atomic E-state index is 1.05. The smallest absolute Gasteiger partial charge is 0.125 e. The van der Waals surface area contributed by atoms with Crippen molar-refractivity contribution in [2.24, 2.45) is 0 Å². The van der Waals surface area contributed by atoms with Crippen molar-refractivity contribution in [3.05, 3.63) is 35.1 Å². The Bertz CT molecular complexity index is 434. The number of nitrogens with zero attached hydrogens (tertiary/aromatic N) is 2. The number of pyridine rings is 1. The highest BCUT2D eigenvalue weighted by atomic mass is 32.1. The van der Waals surface area contributed by atoms with Crippen LogP contribution in [0.5, 0.6) is 0 Å². The zero-order valence-corrected chi connectivity index (χ0v) is 9.14. The molecule has 0 N–H and O–H groups in total. The maximum atomic E-state index is 4.38. The Labute approximate surface area is 87.7 Å². The van der Waals surface area contributed by atoms with Gasteiger partial charge in [-0.25, -0.2) is 4.98 Å². The van der Waals surface area contributed by atoms with Crippen molar-refractivity contribution in [3.8, 4) is 10.6 Å². The first-order valence-corrected chi connectivity index (χ1v) is 5.48. The highest BCUT2D eigenvalue weighted by Gasteiger charge is 2.03. The van der Waals surface area contributed by atoms with Crippen LogP contribution in [0.1, 0.15) is 17.4 Å². The van der Waals surface area contributed by atoms with Gasteiger partial charge in [-0.3, -0.25) is 4.98 Å². The van der Waals surface area contributed by atoms with Gasteiger partial charge in [0, 0.05) is 29.0 Å². The summed E-state index contributed by atoms with van der Waals surface area (Å²) >= 11 is 1.74. The molecule has 2 nitrogen and oxygen atoms in total. The fourth-order valence-corrected chi connectivity index (χ4v) is 2.11. The zero-order chi connectivity index (χ0) is 9.97. The summed E-state index contributed by atoms with van der Waals surface area (Å²) in [5.41, 5.74) is 2.30. The minimum absolute atomic E-state index is 1.05. The number of hydrogen-bond donors (Lipinski definition) is 0. The SMILES string of the molecule is CCc1cnc(-c2cncc(C)c2)s1. The zero-order valence-electron chi connectivity index (χ0n) is 8.32. The molecule has 0 aliphatic heterocycles. The Morgan fingerprint density at radius 2 is 2.14 bits per heavy atom. The number of hydrogen-bond acceptors (Lipinski definition) is 3. The van der Waals surface area contributed by atoms with E-state index in [1.165, 1.54) is 10.4 Å². The van der Waals surface area contributed by atoms with E-state index in [1.54, 1.807) is 11.3 Å². The topological polar surface area (TPSA) is 25.8 Å². The molecule has 0 spiro atoms. The van der Waals surface area contributed by atoms with Crippen molar-refractivity contribution in [1.29, 1.82) is 0 Å². The predicted octanol–water partition coefficient (Wildman–Crippen LogP) is 3.08. The molecule has 0 radical (unpaired) electrons. The van der Waals surface area contributed by atoms with Gasteiger partial charge in [0.2, 0.25) is 0 Å². The van der Waals surface area contributed by atoms with Crippen LogP contribution in [-0.2, 0) is 6.42 Å². The summed E-state index contributed by atoms with van der Waals surface area (Å²) in [7, 11) is 0. The summed E-state index contributed by atoms with van der Waals surface area (Å²) in [4.78, 5) is 9.86. The van der Waals surface area contributed by atoms with Gasteiger partial charge in [0.25, 0.3) is 0 Å². The van der Waals surface area contributed by atoms with Crippen molar-refractivity contribution in [2.45, 2.75) is 20.3 Å². The maximum absolute atomic E-state index is 4.38. The van der Waals surface area contributed by atoms with Crippen molar-refractivity contribution < 1.29 is 0 Å². The van der Waals surface area contributed by atoms with Crippen LogP contribution in [0.2, 0.25) is 0 Å². The largest absolute Gasteiger partial charge is 0.264 e. The third-order valence-electron chi connectivity index (χ3n) is 2.02. The molecule has 0 aliphatic rings. The fraction of sp³-hybridized carbons (Fsp3) is 0.273. The van der Waals surface area contributed by atoms with E-state index < -0.39 is 0 Å². The van der Waals surface area contributed by atoms with Crippen LogP contribution in [0.3, 0.4) is 0 Å². The Balaban J connectivity index is 2.39. The molecular formula is C11H12N2S. The van der Waals surface area contributed by atoms with Gasteiger partial charge in [0.05, 0.1) is 0 Å². The van der Waals surface area contributed by atoms with Crippen LogP contribution in [0.4, 0.5) is 0 Å². The number of aromatic nitrogens is 2. The van der Waals surface area contributed by atoms with Crippen molar-refractivity contribution in [3.63, 3.8) is 0 Å². The summed E-state index contributed by atoms with van der Waals surface area (Å²) in [6.45, 7) is 4.19. The first kappa shape index (κ1) is 9.34. The summed E-state index contributed by atoms with van der Waals surface area (Å²) in [6.07, 6.45) is 6.72. The van der Waals surface area contributed by atoms with Crippen LogP contribution >= 0.6 is 11.3 Å². The molecule has 3 heteroatoms. The van der Waals surface area contributed by atoms with E-state index in [0.717, 1.165) is 17.0 Å². The van der Waals surface area contributed by atoms with E-state index in [2.05, 4.69) is 23.0 Å². The van der Waals surface area contributed by atoms with Gasteiger partial charge in [0.15, 0.2) is 0 Å². The van der Waals surface area contributed by atoms with E-state index in [-0.39, 0.29) is 0 Å².